The molecule has 0 aliphatic rings. The van der Waals surface area contributed by atoms with E-state index in [9.17, 15) is 8.78 Å². The summed E-state index contributed by atoms with van der Waals surface area (Å²) >= 11 is 0. The normalized spacial score (nSPS) is 10.2. The number of halogens is 2. The lowest BCUT2D eigenvalue weighted by atomic mass is 10.0. The summed E-state index contributed by atoms with van der Waals surface area (Å²) in [4.78, 5) is 0. The van der Waals surface area contributed by atoms with E-state index in [1.807, 2.05) is 55.5 Å². The van der Waals surface area contributed by atoms with Crippen molar-refractivity contribution in [1.29, 1.82) is 0 Å². The highest BCUT2D eigenvalue weighted by Crippen LogP contribution is 2.21. The molecule has 0 fully saturated rings. The van der Waals surface area contributed by atoms with Gasteiger partial charge in [-0.1, -0.05) is 43.0 Å². The highest BCUT2D eigenvalue weighted by Gasteiger charge is 2.08. The minimum absolute atomic E-state index is 0.195. The Bertz CT molecular complexity index is 923. The zero-order valence-electron chi connectivity index (χ0n) is 13.8. The van der Waals surface area contributed by atoms with E-state index in [1.54, 1.807) is 0 Å². The Morgan fingerprint density at radius 2 is 1.32 bits per heavy atom. The second-order valence-corrected chi connectivity index (χ2v) is 5.74. The van der Waals surface area contributed by atoms with Gasteiger partial charge in [-0.25, -0.2) is 8.78 Å². The molecule has 0 heterocycles. The third-order valence-electron chi connectivity index (χ3n) is 3.97. The third-order valence-corrected chi connectivity index (χ3v) is 3.97. The van der Waals surface area contributed by atoms with Crippen LogP contribution >= 0.6 is 0 Å². The van der Waals surface area contributed by atoms with Gasteiger partial charge in [-0.2, -0.15) is 0 Å². The van der Waals surface area contributed by atoms with Gasteiger partial charge in [0.25, 0.3) is 0 Å². The summed E-state index contributed by atoms with van der Waals surface area (Å²) < 4.78 is 27.9. The zero-order chi connectivity index (χ0) is 17.8. The number of hydrogen-bond donors (Lipinski definition) is 1. The van der Waals surface area contributed by atoms with E-state index in [2.05, 4.69) is 11.8 Å². The van der Waals surface area contributed by atoms with Crippen molar-refractivity contribution in [3.63, 3.8) is 0 Å². The number of rotatable bonds is 2. The number of nitrogen functional groups attached to an aromatic ring is 1. The molecule has 0 spiro atoms. The average Bonchev–Trinajstić information content (AvgIpc) is 2.62. The monoisotopic (exact) mass is 333 g/mol. The molecule has 0 aliphatic heterocycles. The molecule has 2 N–H and O–H groups in total. The van der Waals surface area contributed by atoms with Crippen LogP contribution in [0.1, 0.15) is 23.6 Å². The number of aryl methyl sites for hydroxylation is 1. The van der Waals surface area contributed by atoms with Crippen molar-refractivity contribution in [2.24, 2.45) is 0 Å². The Morgan fingerprint density at radius 1 is 0.800 bits per heavy atom. The van der Waals surface area contributed by atoms with E-state index in [4.69, 9.17) is 5.73 Å². The van der Waals surface area contributed by atoms with Gasteiger partial charge in [-0.3, -0.25) is 0 Å². The molecule has 1 nitrogen and oxygen atoms in total. The van der Waals surface area contributed by atoms with Crippen LogP contribution in [-0.4, -0.2) is 0 Å². The standard InChI is InChI=1S/C22H17F2N/c1-2-15-13-21(23)20(22(24)14-15)12-5-16-3-6-17(7-4-16)18-8-10-19(25)11-9-18/h3-4,6-11,13-14H,2,25H2,1H3. The molecule has 25 heavy (non-hydrogen) atoms. The van der Waals surface area contributed by atoms with E-state index in [-0.39, 0.29) is 5.56 Å². The van der Waals surface area contributed by atoms with Crippen LogP contribution in [0.4, 0.5) is 14.5 Å². The third kappa shape index (κ3) is 3.87. The molecule has 0 saturated heterocycles. The topological polar surface area (TPSA) is 26.0 Å². The molecule has 3 aromatic rings. The van der Waals surface area contributed by atoms with Gasteiger partial charge in [0, 0.05) is 11.3 Å². The summed E-state index contributed by atoms with van der Waals surface area (Å²) in [6.07, 6.45) is 0.578. The molecule has 3 rings (SSSR count). The van der Waals surface area contributed by atoms with Crippen LogP contribution in [0.25, 0.3) is 11.1 Å². The molecule has 0 aliphatic carbocycles. The fraction of sp³-hybridized carbons (Fsp3) is 0.0909. The van der Waals surface area contributed by atoms with Gasteiger partial charge in [0.15, 0.2) is 0 Å². The van der Waals surface area contributed by atoms with E-state index >= 15 is 0 Å². The van der Waals surface area contributed by atoms with Crippen LogP contribution in [0.5, 0.6) is 0 Å². The number of benzene rings is 3. The maximum absolute atomic E-state index is 14.0. The first-order valence-electron chi connectivity index (χ1n) is 8.02. The summed E-state index contributed by atoms with van der Waals surface area (Å²) in [7, 11) is 0. The summed E-state index contributed by atoms with van der Waals surface area (Å²) in [6, 6.07) is 17.7. The SMILES string of the molecule is CCc1cc(F)c(C#Cc2ccc(-c3ccc(N)cc3)cc2)c(F)c1. The molecule has 124 valence electrons. The number of hydrogen-bond acceptors (Lipinski definition) is 1. The smallest absolute Gasteiger partial charge is 0.142 e. The highest BCUT2D eigenvalue weighted by molar-refractivity contribution is 5.66. The van der Waals surface area contributed by atoms with Crippen molar-refractivity contribution in [2.45, 2.75) is 13.3 Å². The van der Waals surface area contributed by atoms with Gasteiger partial charge < -0.3 is 5.73 Å². The molecular formula is C22H17F2N. The fourth-order valence-electron chi connectivity index (χ4n) is 2.51. The molecule has 0 radical (unpaired) electrons. The Labute approximate surface area is 146 Å². The van der Waals surface area contributed by atoms with Crippen molar-refractivity contribution in [2.75, 3.05) is 5.73 Å². The highest BCUT2D eigenvalue weighted by atomic mass is 19.1. The predicted octanol–water partition coefficient (Wildman–Crippen LogP) is 5.18. The van der Waals surface area contributed by atoms with Gasteiger partial charge >= 0.3 is 0 Å². The van der Waals surface area contributed by atoms with Crippen molar-refractivity contribution >= 4 is 5.69 Å². The van der Waals surface area contributed by atoms with Crippen LogP contribution in [0.15, 0.2) is 60.7 Å². The molecule has 3 aromatic carbocycles. The molecule has 0 saturated carbocycles. The molecule has 0 amide bonds. The first kappa shape index (κ1) is 16.7. The van der Waals surface area contributed by atoms with Gasteiger partial charge in [-0.05, 0) is 59.5 Å². The average molecular weight is 333 g/mol. The quantitative estimate of drug-likeness (QED) is 0.508. The lowest BCUT2D eigenvalue weighted by Crippen LogP contribution is -1.93. The molecule has 0 aromatic heterocycles. The van der Waals surface area contributed by atoms with Crippen molar-refractivity contribution < 1.29 is 8.78 Å². The lowest BCUT2D eigenvalue weighted by Gasteiger charge is -2.03. The van der Waals surface area contributed by atoms with Gasteiger partial charge in [0.2, 0.25) is 0 Å². The van der Waals surface area contributed by atoms with E-state index in [0.717, 1.165) is 11.1 Å². The zero-order valence-corrected chi connectivity index (χ0v) is 13.8. The molecule has 0 bridgehead atoms. The summed E-state index contributed by atoms with van der Waals surface area (Å²) in [5.41, 5.74) is 9.58. The van der Waals surface area contributed by atoms with Crippen molar-refractivity contribution in [3.8, 4) is 23.0 Å². The van der Waals surface area contributed by atoms with Gasteiger partial charge in [-0.15, -0.1) is 0 Å². The Morgan fingerprint density at radius 3 is 1.84 bits per heavy atom. The van der Waals surface area contributed by atoms with Crippen LogP contribution in [-0.2, 0) is 6.42 Å². The predicted molar refractivity (Wildman–Crippen MR) is 98.0 cm³/mol. The van der Waals surface area contributed by atoms with Gasteiger partial charge in [0.05, 0.1) is 5.56 Å². The van der Waals surface area contributed by atoms with Crippen LogP contribution in [0, 0.1) is 23.5 Å². The summed E-state index contributed by atoms with van der Waals surface area (Å²) in [5, 5.41) is 0. The van der Waals surface area contributed by atoms with Crippen molar-refractivity contribution in [3.05, 3.63) is 89.0 Å². The maximum atomic E-state index is 14.0. The largest absolute Gasteiger partial charge is 0.399 e. The summed E-state index contributed by atoms with van der Waals surface area (Å²) in [6.45, 7) is 1.85. The first-order valence-corrected chi connectivity index (χ1v) is 8.02. The Balaban J connectivity index is 1.86. The van der Waals surface area contributed by atoms with E-state index in [1.165, 1.54) is 12.1 Å². The molecule has 0 atom stereocenters. The van der Waals surface area contributed by atoms with Crippen LogP contribution in [0.3, 0.4) is 0 Å². The van der Waals surface area contributed by atoms with Crippen molar-refractivity contribution in [1.82, 2.24) is 0 Å². The van der Waals surface area contributed by atoms with E-state index < -0.39 is 11.6 Å². The maximum Gasteiger partial charge on any atom is 0.142 e. The fourth-order valence-corrected chi connectivity index (χ4v) is 2.51. The molecule has 3 heteroatoms. The van der Waals surface area contributed by atoms with Gasteiger partial charge in [0.1, 0.15) is 11.6 Å². The minimum Gasteiger partial charge on any atom is -0.399 e. The number of nitrogens with two attached hydrogens (primary N) is 1. The molecule has 0 unspecified atom stereocenters. The second kappa shape index (κ2) is 7.19. The second-order valence-electron chi connectivity index (χ2n) is 5.74. The Kier molecular flexibility index (Phi) is 4.81. The van der Waals surface area contributed by atoms with Crippen LogP contribution in [0.2, 0.25) is 0 Å². The van der Waals surface area contributed by atoms with Crippen LogP contribution < -0.4 is 5.73 Å². The summed E-state index contributed by atoms with van der Waals surface area (Å²) in [5.74, 6) is 4.17. The minimum atomic E-state index is -0.622. The lowest BCUT2D eigenvalue weighted by molar-refractivity contribution is 0.574. The number of anilines is 1. The Hall–Kier alpha value is -3.12. The molecular weight excluding hydrogens is 316 g/mol. The first-order chi connectivity index (χ1) is 12.1. The van der Waals surface area contributed by atoms with E-state index in [0.29, 0.717) is 23.2 Å².